The number of rotatable bonds is 2. The first-order valence-electron chi connectivity index (χ1n) is 6.30. The summed E-state index contributed by atoms with van der Waals surface area (Å²) in [6, 6.07) is 11.5. The second kappa shape index (κ2) is 5.18. The highest BCUT2D eigenvalue weighted by Gasteiger charge is 2.10. The van der Waals surface area contributed by atoms with Crippen LogP contribution in [0.15, 0.2) is 36.4 Å². The molecule has 0 radical (unpaired) electrons. The predicted molar refractivity (Wildman–Crippen MR) is 76.3 cm³/mol. The van der Waals surface area contributed by atoms with Gasteiger partial charge in [0.15, 0.2) is 0 Å². The number of ether oxygens (including phenoxy) is 3. The molecular formula is C17H14O3. The Morgan fingerprint density at radius 1 is 0.900 bits per heavy atom. The fraction of sp³-hybridized carbons (Fsp3) is 0.176. The lowest BCUT2D eigenvalue weighted by Gasteiger charge is -2.14. The fourth-order valence-corrected chi connectivity index (χ4v) is 2.09. The highest BCUT2D eigenvalue weighted by molar-refractivity contribution is 5.56. The van der Waals surface area contributed by atoms with Gasteiger partial charge in [0.25, 0.3) is 0 Å². The molecule has 0 saturated heterocycles. The molecule has 0 bridgehead atoms. The van der Waals surface area contributed by atoms with Crippen LogP contribution < -0.4 is 14.2 Å². The molecule has 0 amide bonds. The van der Waals surface area contributed by atoms with Crippen LogP contribution in [0.5, 0.6) is 17.2 Å². The Kier molecular flexibility index (Phi) is 3.22. The monoisotopic (exact) mass is 266 g/mol. The van der Waals surface area contributed by atoms with Crippen molar-refractivity contribution in [2.24, 2.45) is 0 Å². The average Bonchev–Trinajstić information content (AvgIpc) is 2.49. The van der Waals surface area contributed by atoms with Crippen LogP contribution in [-0.4, -0.2) is 14.2 Å². The summed E-state index contributed by atoms with van der Waals surface area (Å²) >= 11 is 0. The van der Waals surface area contributed by atoms with Gasteiger partial charge >= 0.3 is 0 Å². The second-order valence-corrected chi connectivity index (χ2v) is 4.42. The van der Waals surface area contributed by atoms with Gasteiger partial charge in [-0.15, -0.1) is 0 Å². The minimum atomic E-state index is 0.473. The molecule has 0 aliphatic carbocycles. The summed E-state index contributed by atoms with van der Waals surface area (Å²) in [6.45, 7) is 0.473. The van der Waals surface area contributed by atoms with Crippen LogP contribution in [0.3, 0.4) is 0 Å². The number of methoxy groups -OCH3 is 2. The lowest BCUT2D eigenvalue weighted by molar-refractivity contribution is 0.303. The highest BCUT2D eigenvalue weighted by Crippen LogP contribution is 2.27. The molecule has 0 saturated carbocycles. The molecule has 100 valence electrons. The molecule has 3 rings (SSSR count). The maximum Gasteiger partial charge on any atom is 0.135 e. The third kappa shape index (κ3) is 2.28. The molecule has 3 heteroatoms. The summed E-state index contributed by atoms with van der Waals surface area (Å²) in [5, 5.41) is 0. The van der Waals surface area contributed by atoms with Crippen molar-refractivity contribution < 1.29 is 14.2 Å². The first-order valence-corrected chi connectivity index (χ1v) is 6.30. The van der Waals surface area contributed by atoms with E-state index in [4.69, 9.17) is 14.2 Å². The zero-order valence-electron chi connectivity index (χ0n) is 11.4. The number of hydrogen-bond donors (Lipinski definition) is 0. The van der Waals surface area contributed by atoms with Crippen molar-refractivity contribution in [3.63, 3.8) is 0 Å². The maximum absolute atomic E-state index is 5.84. The Balaban J connectivity index is 2.06. The smallest absolute Gasteiger partial charge is 0.135 e. The van der Waals surface area contributed by atoms with E-state index in [0.717, 1.165) is 33.9 Å². The normalized spacial score (nSPS) is 11.7. The van der Waals surface area contributed by atoms with Gasteiger partial charge in [-0.05, 0) is 36.4 Å². The molecule has 1 aliphatic heterocycles. The van der Waals surface area contributed by atoms with Crippen molar-refractivity contribution in [1.82, 2.24) is 0 Å². The summed E-state index contributed by atoms with van der Waals surface area (Å²) in [4.78, 5) is 0. The van der Waals surface area contributed by atoms with Crippen molar-refractivity contribution in [1.29, 1.82) is 0 Å². The minimum Gasteiger partial charge on any atom is -0.497 e. The maximum atomic E-state index is 5.84. The van der Waals surface area contributed by atoms with Crippen LogP contribution in [0.2, 0.25) is 0 Å². The molecule has 1 heterocycles. The second-order valence-electron chi connectivity index (χ2n) is 4.42. The molecule has 20 heavy (non-hydrogen) atoms. The van der Waals surface area contributed by atoms with Gasteiger partial charge in [-0.25, -0.2) is 0 Å². The topological polar surface area (TPSA) is 27.7 Å². The van der Waals surface area contributed by atoms with E-state index in [1.807, 2.05) is 36.4 Å². The highest BCUT2D eigenvalue weighted by atomic mass is 16.5. The van der Waals surface area contributed by atoms with Crippen LogP contribution in [0.25, 0.3) is 0 Å². The van der Waals surface area contributed by atoms with Crippen molar-refractivity contribution >= 4 is 0 Å². The lowest BCUT2D eigenvalue weighted by Crippen LogP contribution is -2.02. The molecule has 0 atom stereocenters. The summed E-state index contributed by atoms with van der Waals surface area (Å²) in [5.74, 6) is 8.68. The number of fused-ring (bicyclic) bond motifs is 2. The molecule has 1 aliphatic rings. The van der Waals surface area contributed by atoms with E-state index in [0.29, 0.717) is 6.61 Å². The van der Waals surface area contributed by atoms with Crippen LogP contribution in [0.1, 0.15) is 16.7 Å². The summed E-state index contributed by atoms with van der Waals surface area (Å²) < 4.78 is 16.3. The van der Waals surface area contributed by atoms with E-state index in [-0.39, 0.29) is 0 Å². The van der Waals surface area contributed by atoms with Crippen LogP contribution in [0.4, 0.5) is 0 Å². The molecule has 0 fully saturated rings. The van der Waals surface area contributed by atoms with E-state index in [2.05, 4.69) is 11.8 Å². The lowest BCUT2D eigenvalue weighted by atomic mass is 10.1. The van der Waals surface area contributed by atoms with E-state index in [1.54, 1.807) is 14.2 Å². The Bertz CT molecular complexity index is 708. The van der Waals surface area contributed by atoms with Crippen molar-refractivity contribution in [3.05, 3.63) is 53.1 Å². The van der Waals surface area contributed by atoms with Gasteiger partial charge in [0.2, 0.25) is 0 Å². The third-order valence-electron chi connectivity index (χ3n) is 3.21. The van der Waals surface area contributed by atoms with Gasteiger partial charge in [-0.2, -0.15) is 0 Å². The first-order chi connectivity index (χ1) is 9.80. The SMILES string of the molecule is COc1ccc2c(c1)C#Cc1ccc(OC)cc1CO2. The van der Waals surface area contributed by atoms with Crippen molar-refractivity contribution in [2.75, 3.05) is 14.2 Å². The fourth-order valence-electron chi connectivity index (χ4n) is 2.09. The predicted octanol–water partition coefficient (Wildman–Crippen LogP) is 3.00. The van der Waals surface area contributed by atoms with E-state index < -0.39 is 0 Å². The Labute approximate surface area is 118 Å². The number of hydrogen-bond acceptors (Lipinski definition) is 3. The molecule has 3 nitrogen and oxygen atoms in total. The van der Waals surface area contributed by atoms with Gasteiger partial charge in [-0.3, -0.25) is 0 Å². The molecule has 0 N–H and O–H groups in total. The summed E-state index contributed by atoms with van der Waals surface area (Å²) in [5.41, 5.74) is 2.82. The van der Waals surface area contributed by atoms with Gasteiger partial charge in [0.05, 0.1) is 19.8 Å². The van der Waals surface area contributed by atoms with Crippen molar-refractivity contribution in [2.45, 2.75) is 6.61 Å². The van der Waals surface area contributed by atoms with E-state index in [1.165, 1.54) is 0 Å². The first kappa shape index (κ1) is 12.4. The van der Waals surface area contributed by atoms with Crippen LogP contribution >= 0.6 is 0 Å². The Morgan fingerprint density at radius 2 is 1.60 bits per heavy atom. The molecule has 0 spiro atoms. The average molecular weight is 266 g/mol. The Hall–Kier alpha value is -2.60. The van der Waals surface area contributed by atoms with E-state index in [9.17, 15) is 0 Å². The molecule has 0 unspecified atom stereocenters. The van der Waals surface area contributed by atoms with Gasteiger partial charge < -0.3 is 14.2 Å². The minimum absolute atomic E-state index is 0.473. The van der Waals surface area contributed by atoms with Gasteiger partial charge in [0.1, 0.15) is 23.9 Å². The Morgan fingerprint density at radius 3 is 2.40 bits per heavy atom. The standard InChI is InChI=1S/C17H14O3/c1-18-15-6-5-12-3-4-13-9-16(19-2)7-8-17(13)20-11-14(12)10-15/h5-10H,11H2,1-2H3. The third-order valence-corrected chi connectivity index (χ3v) is 3.21. The largest absolute Gasteiger partial charge is 0.497 e. The molecule has 2 aromatic rings. The van der Waals surface area contributed by atoms with Gasteiger partial charge in [0, 0.05) is 11.1 Å². The zero-order valence-corrected chi connectivity index (χ0v) is 11.4. The van der Waals surface area contributed by atoms with E-state index >= 15 is 0 Å². The van der Waals surface area contributed by atoms with Gasteiger partial charge in [-0.1, -0.05) is 11.8 Å². The molecular weight excluding hydrogens is 252 g/mol. The zero-order chi connectivity index (χ0) is 13.9. The van der Waals surface area contributed by atoms with Crippen LogP contribution in [0, 0.1) is 11.8 Å². The molecule has 2 aromatic carbocycles. The summed E-state index contributed by atoms with van der Waals surface area (Å²) in [7, 11) is 3.29. The van der Waals surface area contributed by atoms with Crippen molar-refractivity contribution in [3.8, 4) is 29.1 Å². The quantitative estimate of drug-likeness (QED) is 0.782. The number of benzene rings is 2. The molecule has 0 aromatic heterocycles. The summed E-state index contributed by atoms with van der Waals surface area (Å²) in [6.07, 6.45) is 0. The van der Waals surface area contributed by atoms with Crippen LogP contribution in [-0.2, 0) is 6.61 Å².